The number of aromatic nitrogens is 2. The molecule has 1 aliphatic rings. The van der Waals surface area contributed by atoms with Crippen molar-refractivity contribution in [2.45, 2.75) is 19.8 Å². The van der Waals surface area contributed by atoms with Crippen LogP contribution in [-0.2, 0) is 0 Å². The summed E-state index contributed by atoms with van der Waals surface area (Å²) in [6, 6.07) is 6.04. The van der Waals surface area contributed by atoms with Crippen molar-refractivity contribution in [3.05, 3.63) is 35.7 Å². The van der Waals surface area contributed by atoms with E-state index in [1.54, 1.807) is 0 Å². The highest BCUT2D eigenvalue weighted by atomic mass is 32.2. The van der Waals surface area contributed by atoms with Crippen LogP contribution in [0.15, 0.2) is 29.4 Å². The molecule has 3 rings (SSSR count). The Labute approximate surface area is 110 Å². The first-order chi connectivity index (χ1) is 8.66. The van der Waals surface area contributed by atoms with Crippen molar-refractivity contribution in [3.8, 4) is 0 Å². The number of hydrogen-bond acceptors (Lipinski definition) is 3. The van der Waals surface area contributed by atoms with E-state index in [9.17, 15) is 0 Å². The number of rotatable bonds is 2. The molecule has 1 aliphatic heterocycles. The summed E-state index contributed by atoms with van der Waals surface area (Å²) in [4.78, 5) is 4.33. The van der Waals surface area contributed by atoms with Gasteiger partial charge in [-0.05, 0) is 18.1 Å². The van der Waals surface area contributed by atoms with Crippen molar-refractivity contribution < 1.29 is 0 Å². The van der Waals surface area contributed by atoms with Gasteiger partial charge in [0.05, 0.1) is 16.9 Å². The first kappa shape index (κ1) is 11.5. The molecular formula is C13H14N4S. The van der Waals surface area contributed by atoms with Crippen LogP contribution in [0.2, 0.25) is 0 Å². The number of fused-ring (bicyclic) bond motifs is 1. The minimum Gasteiger partial charge on any atom is -0.277 e. The molecule has 1 N–H and O–H groups in total. The zero-order valence-electron chi connectivity index (χ0n) is 10.3. The first-order valence-corrected chi connectivity index (χ1v) is 6.92. The molecule has 0 saturated heterocycles. The van der Waals surface area contributed by atoms with Gasteiger partial charge in [0, 0.05) is 17.5 Å². The van der Waals surface area contributed by atoms with Gasteiger partial charge < -0.3 is 0 Å². The predicted molar refractivity (Wildman–Crippen MR) is 76.0 cm³/mol. The maximum Gasteiger partial charge on any atom is 0.180 e. The Morgan fingerprint density at radius 2 is 2.22 bits per heavy atom. The van der Waals surface area contributed by atoms with Gasteiger partial charge in [0.2, 0.25) is 0 Å². The average molecular weight is 258 g/mol. The van der Waals surface area contributed by atoms with Gasteiger partial charge >= 0.3 is 0 Å². The van der Waals surface area contributed by atoms with Crippen LogP contribution in [-0.4, -0.2) is 26.2 Å². The van der Waals surface area contributed by atoms with E-state index in [0.29, 0.717) is 11.1 Å². The number of amidine groups is 1. The normalized spacial score (nSPS) is 15.7. The second-order valence-electron chi connectivity index (χ2n) is 4.60. The lowest BCUT2D eigenvalue weighted by Crippen LogP contribution is -2.04. The van der Waals surface area contributed by atoms with Crippen LogP contribution in [0.3, 0.4) is 0 Å². The van der Waals surface area contributed by atoms with Crippen molar-refractivity contribution in [1.82, 2.24) is 9.61 Å². The van der Waals surface area contributed by atoms with E-state index in [4.69, 9.17) is 5.41 Å². The van der Waals surface area contributed by atoms with Gasteiger partial charge in [-0.2, -0.15) is 5.10 Å². The van der Waals surface area contributed by atoms with E-state index in [2.05, 4.69) is 30.0 Å². The third kappa shape index (κ3) is 1.75. The largest absolute Gasteiger partial charge is 0.277 e. The average Bonchev–Trinajstić information content (AvgIpc) is 2.92. The highest BCUT2D eigenvalue weighted by molar-refractivity contribution is 8.14. The second-order valence-corrected chi connectivity index (χ2v) is 5.56. The molecule has 0 saturated carbocycles. The zero-order valence-corrected chi connectivity index (χ0v) is 11.2. The van der Waals surface area contributed by atoms with Crippen LogP contribution in [0.25, 0.3) is 5.52 Å². The summed E-state index contributed by atoms with van der Waals surface area (Å²) in [5.74, 6) is 1.12. The smallest absolute Gasteiger partial charge is 0.180 e. The second kappa shape index (κ2) is 4.24. The molecule has 18 heavy (non-hydrogen) atoms. The van der Waals surface area contributed by atoms with E-state index < -0.39 is 0 Å². The van der Waals surface area contributed by atoms with Crippen molar-refractivity contribution in [3.63, 3.8) is 0 Å². The minimum absolute atomic E-state index is 0.349. The van der Waals surface area contributed by atoms with E-state index in [-0.39, 0.29) is 0 Å². The Morgan fingerprint density at radius 1 is 1.39 bits per heavy atom. The zero-order chi connectivity index (χ0) is 12.7. The summed E-state index contributed by atoms with van der Waals surface area (Å²) in [5, 5.41) is 12.7. The minimum atomic E-state index is 0.349. The van der Waals surface area contributed by atoms with Gasteiger partial charge in [-0.3, -0.25) is 5.41 Å². The van der Waals surface area contributed by atoms with Gasteiger partial charge in [-0.15, -0.1) is 0 Å². The van der Waals surface area contributed by atoms with E-state index >= 15 is 0 Å². The van der Waals surface area contributed by atoms with Crippen molar-refractivity contribution in [2.24, 2.45) is 4.99 Å². The fourth-order valence-electron chi connectivity index (χ4n) is 2.17. The molecule has 92 valence electrons. The molecule has 0 fully saturated rings. The highest BCUT2D eigenvalue weighted by Crippen LogP contribution is 2.27. The van der Waals surface area contributed by atoms with Gasteiger partial charge in [0.25, 0.3) is 0 Å². The fraction of sp³-hybridized carbons (Fsp3) is 0.308. The molecule has 5 heteroatoms. The quantitative estimate of drug-likeness (QED) is 0.900. The number of thioether (sulfide) groups is 1. The Bertz CT molecular complexity index is 654. The van der Waals surface area contributed by atoms with E-state index in [0.717, 1.165) is 28.2 Å². The van der Waals surface area contributed by atoms with Crippen LogP contribution in [0.4, 0.5) is 0 Å². The number of aliphatic imine (C=N–C) groups is 1. The molecule has 4 nitrogen and oxygen atoms in total. The molecule has 0 aliphatic carbocycles. The predicted octanol–water partition coefficient (Wildman–Crippen LogP) is 2.93. The molecule has 0 atom stereocenters. The Kier molecular flexibility index (Phi) is 2.70. The van der Waals surface area contributed by atoms with Crippen molar-refractivity contribution in [1.29, 1.82) is 5.41 Å². The van der Waals surface area contributed by atoms with E-state index in [1.165, 1.54) is 11.8 Å². The standard InChI is InChI=1S/C13H14N4S/c1-8(2)12-11(9-7-18-13(14)15-9)10-5-3-4-6-17(10)16-12/h3-6,8,14H,7H2,1-2H3. The van der Waals surface area contributed by atoms with Gasteiger partial charge in [0.15, 0.2) is 5.17 Å². The van der Waals surface area contributed by atoms with Crippen LogP contribution >= 0.6 is 11.8 Å². The molecule has 0 aromatic carbocycles. The van der Waals surface area contributed by atoms with E-state index in [1.807, 2.05) is 22.8 Å². The molecule has 2 aromatic rings. The summed E-state index contributed by atoms with van der Waals surface area (Å²) >= 11 is 1.48. The lowest BCUT2D eigenvalue weighted by molar-refractivity contribution is 0.787. The summed E-state index contributed by atoms with van der Waals surface area (Å²) < 4.78 is 1.90. The summed E-state index contributed by atoms with van der Waals surface area (Å²) in [6.07, 6.45) is 1.96. The summed E-state index contributed by atoms with van der Waals surface area (Å²) in [6.45, 7) is 4.28. The fourth-order valence-corrected chi connectivity index (χ4v) is 2.83. The third-order valence-corrected chi connectivity index (χ3v) is 3.77. The van der Waals surface area contributed by atoms with Crippen molar-refractivity contribution >= 4 is 28.2 Å². The lowest BCUT2D eigenvalue weighted by Gasteiger charge is -2.04. The Hall–Kier alpha value is -1.62. The molecule has 0 spiro atoms. The molecule has 0 radical (unpaired) electrons. The van der Waals surface area contributed by atoms with Gasteiger partial charge in [-0.25, -0.2) is 9.51 Å². The number of pyridine rings is 1. The number of nitrogens with zero attached hydrogens (tertiary/aromatic N) is 3. The lowest BCUT2D eigenvalue weighted by atomic mass is 10.0. The Morgan fingerprint density at radius 3 is 2.89 bits per heavy atom. The van der Waals surface area contributed by atoms with Crippen LogP contribution in [0.5, 0.6) is 0 Å². The maximum atomic E-state index is 7.62. The summed E-state index contributed by atoms with van der Waals surface area (Å²) in [7, 11) is 0. The number of hydrogen-bond donors (Lipinski definition) is 1. The molecule has 2 aromatic heterocycles. The molecule has 0 amide bonds. The topological polar surface area (TPSA) is 53.5 Å². The molecule has 3 heterocycles. The number of nitrogens with one attached hydrogen (secondary N) is 1. The molecule has 0 unspecified atom stereocenters. The van der Waals surface area contributed by atoms with Crippen LogP contribution < -0.4 is 0 Å². The van der Waals surface area contributed by atoms with Crippen LogP contribution in [0.1, 0.15) is 31.0 Å². The van der Waals surface area contributed by atoms with Gasteiger partial charge in [0.1, 0.15) is 0 Å². The summed E-state index contributed by atoms with van der Waals surface area (Å²) in [5.41, 5.74) is 4.24. The van der Waals surface area contributed by atoms with Crippen LogP contribution in [0, 0.1) is 5.41 Å². The molecule has 0 bridgehead atoms. The highest BCUT2D eigenvalue weighted by Gasteiger charge is 2.23. The SMILES string of the molecule is CC(C)c1nn2ccccc2c1C1=NC(=N)SC1. The maximum absolute atomic E-state index is 7.62. The van der Waals surface area contributed by atoms with Crippen molar-refractivity contribution in [2.75, 3.05) is 5.75 Å². The van der Waals surface area contributed by atoms with Gasteiger partial charge in [-0.1, -0.05) is 31.7 Å². The Balaban J connectivity index is 2.28. The monoisotopic (exact) mass is 258 g/mol. The first-order valence-electron chi connectivity index (χ1n) is 5.93. The molecular weight excluding hydrogens is 244 g/mol. The third-order valence-electron chi connectivity index (χ3n) is 2.98.